The van der Waals surface area contributed by atoms with E-state index < -0.39 is 5.97 Å². The number of amides is 1. The van der Waals surface area contributed by atoms with Crippen molar-refractivity contribution in [1.29, 1.82) is 0 Å². The number of piperidine rings is 1. The average Bonchev–Trinajstić information content (AvgIpc) is 2.77. The molecule has 2 aliphatic rings. The minimum absolute atomic E-state index is 0.0557. The number of esters is 1. The summed E-state index contributed by atoms with van der Waals surface area (Å²) in [6, 6.07) is 4.55. The van der Waals surface area contributed by atoms with Crippen molar-refractivity contribution in [2.75, 3.05) is 26.3 Å². The molecular formula is C24H30N2O5. The highest BCUT2D eigenvalue weighted by atomic mass is 16.6. The third-order valence-corrected chi connectivity index (χ3v) is 5.25. The molecule has 166 valence electrons. The summed E-state index contributed by atoms with van der Waals surface area (Å²) in [7, 11) is 0. The Bertz CT molecular complexity index is 854. The Morgan fingerprint density at radius 1 is 1.10 bits per heavy atom. The van der Waals surface area contributed by atoms with E-state index in [0.717, 1.165) is 45.2 Å². The van der Waals surface area contributed by atoms with E-state index in [1.807, 2.05) is 23.1 Å². The number of likely N-dealkylation sites (tertiary alicyclic amines) is 1. The van der Waals surface area contributed by atoms with Crippen LogP contribution in [0.1, 0.15) is 54.4 Å². The van der Waals surface area contributed by atoms with Crippen molar-refractivity contribution < 1.29 is 24.3 Å². The SMILES string of the molecule is O=C1OCC/C=C/CC/C=C/C(=N\OCC(=O)N2CCCCC2)Cc2cc(O)ccc21. The molecule has 1 aromatic carbocycles. The minimum Gasteiger partial charge on any atom is -0.508 e. The number of rotatable bonds is 3. The Hall–Kier alpha value is -3.09. The molecular weight excluding hydrogens is 396 g/mol. The number of nitrogens with zero attached hydrogens (tertiary/aromatic N) is 2. The average molecular weight is 427 g/mol. The molecule has 0 atom stereocenters. The van der Waals surface area contributed by atoms with Crippen molar-refractivity contribution in [3.05, 3.63) is 53.6 Å². The Labute approximate surface area is 183 Å². The smallest absolute Gasteiger partial charge is 0.338 e. The van der Waals surface area contributed by atoms with Gasteiger partial charge in [-0.3, -0.25) is 4.79 Å². The largest absolute Gasteiger partial charge is 0.508 e. The third kappa shape index (κ3) is 7.27. The van der Waals surface area contributed by atoms with Crippen molar-refractivity contribution in [1.82, 2.24) is 4.90 Å². The van der Waals surface area contributed by atoms with Crippen LogP contribution in [0.3, 0.4) is 0 Å². The zero-order chi connectivity index (χ0) is 21.9. The number of cyclic esters (lactones) is 1. The van der Waals surface area contributed by atoms with Crippen LogP contribution in [-0.4, -0.2) is 53.9 Å². The first-order chi connectivity index (χ1) is 15.1. The van der Waals surface area contributed by atoms with Gasteiger partial charge in [0.05, 0.1) is 17.9 Å². The fourth-order valence-corrected chi connectivity index (χ4v) is 3.59. The molecule has 1 saturated heterocycles. The van der Waals surface area contributed by atoms with Crippen LogP contribution >= 0.6 is 0 Å². The van der Waals surface area contributed by atoms with Gasteiger partial charge in [-0.25, -0.2) is 4.79 Å². The highest BCUT2D eigenvalue weighted by Crippen LogP contribution is 2.20. The van der Waals surface area contributed by atoms with E-state index in [4.69, 9.17) is 9.57 Å². The molecule has 0 radical (unpaired) electrons. The second kappa shape index (κ2) is 11.9. The number of hydrogen-bond donors (Lipinski definition) is 1. The van der Waals surface area contributed by atoms with Gasteiger partial charge in [-0.2, -0.15) is 0 Å². The molecule has 0 bridgehead atoms. The monoisotopic (exact) mass is 426 g/mol. The number of ether oxygens (including phenoxy) is 1. The number of hydrogen-bond acceptors (Lipinski definition) is 6. The summed E-state index contributed by atoms with van der Waals surface area (Å²) in [5, 5.41) is 14.1. The standard InChI is InChI=1S/C24H30N2O5/c27-21-11-12-22-19(17-21)16-20(10-6-3-1-2-4-9-15-30-24(22)29)25-31-18-23(28)26-13-7-5-8-14-26/h2,4,6,10-12,17,27H,1,3,5,7-9,13-16,18H2/b4-2+,10-6+,25-20+. The number of fused-ring (bicyclic) bond motifs is 1. The summed E-state index contributed by atoms with van der Waals surface area (Å²) in [6.45, 7) is 1.71. The van der Waals surface area contributed by atoms with Crippen molar-refractivity contribution in [3.63, 3.8) is 0 Å². The lowest BCUT2D eigenvalue weighted by atomic mass is 10.0. The molecule has 1 fully saturated rings. The van der Waals surface area contributed by atoms with Crippen molar-refractivity contribution in [3.8, 4) is 5.75 Å². The molecule has 0 spiro atoms. The number of carbonyl (C=O) groups excluding carboxylic acids is 2. The van der Waals surface area contributed by atoms with E-state index in [1.54, 1.807) is 6.07 Å². The zero-order valence-electron chi connectivity index (χ0n) is 17.8. The summed E-state index contributed by atoms with van der Waals surface area (Å²) in [4.78, 5) is 32.0. The zero-order valence-corrected chi connectivity index (χ0v) is 17.8. The van der Waals surface area contributed by atoms with Crippen LogP contribution in [0.25, 0.3) is 0 Å². The molecule has 0 unspecified atom stereocenters. The first-order valence-corrected chi connectivity index (χ1v) is 10.9. The second-order valence-electron chi connectivity index (χ2n) is 7.69. The maximum atomic E-state index is 12.5. The van der Waals surface area contributed by atoms with Crippen LogP contribution in [0.4, 0.5) is 0 Å². The van der Waals surface area contributed by atoms with Gasteiger partial charge in [0.25, 0.3) is 5.91 Å². The maximum absolute atomic E-state index is 12.5. The fraction of sp³-hybridized carbons (Fsp3) is 0.458. The van der Waals surface area contributed by atoms with E-state index in [9.17, 15) is 14.7 Å². The highest BCUT2D eigenvalue weighted by Gasteiger charge is 2.18. The highest BCUT2D eigenvalue weighted by molar-refractivity contribution is 5.99. The number of allylic oxidation sites excluding steroid dienone is 3. The third-order valence-electron chi connectivity index (χ3n) is 5.25. The molecule has 0 aromatic heterocycles. The second-order valence-corrected chi connectivity index (χ2v) is 7.69. The lowest BCUT2D eigenvalue weighted by Gasteiger charge is -2.26. The van der Waals surface area contributed by atoms with Crippen LogP contribution in [0, 0.1) is 0 Å². The van der Waals surface area contributed by atoms with Crippen LogP contribution in [-0.2, 0) is 20.8 Å². The normalized spacial score (nSPS) is 21.5. The molecule has 0 saturated carbocycles. The first kappa shape index (κ1) is 22.6. The Kier molecular flexibility index (Phi) is 8.70. The Balaban J connectivity index is 1.75. The van der Waals surface area contributed by atoms with Gasteiger partial charge in [0, 0.05) is 19.5 Å². The molecule has 0 aliphatic carbocycles. The minimum atomic E-state index is -0.440. The number of oxime groups is 1. The summed E-state index contributed by atoms with van der Waals surface area (Å²) in [6.07, 6.45) is 13.7. The summed E-state index contributed by atoms with van der Waals surface area (Å²) < 4.78 is 5.36. The van der Waals surface area contributed by atoms with Crippen molar-refractivity contribution in [2.45, 2.75) is 44.9 Å². The van der Waals surface area contributed by atoms with E-state index >= 15 is 0 Å². The van der Waals surface area contributed by atoms with Crippen LogP contribution in [0.2, 0.25) is 0 Å². The number of phenols is 1. The molecule has 1 aromatic rings. The Morgan fingerprint density at radius 2 is 1.87 bits per heavy atom. The van der Waals surface area contributed by atoms with Gasteiger partial charge >= 0.3 is 5.97 Å². The van der Waals surface area contributed by atoms with Gasteiger partial charge in [0.1, 0.15) is 5.75 Å². The summed E-state index contributed by atoms with van der Waals surface area (Å²) in [5.41, 5.74) is 1.53. The van der Waals surface area contributed by atoms with Crippen LogP contribution in [0.15, 0.2) is 47.7 Å². The molecule has 1 N–H and O–H groups in total. The van der Waals surface area contributed by atoms with Gasteiger partial charge in [-0.05, 0) is 68.4 Å². The van der Waals surface area contributed by atoms with Crippen LogP contribution < -0.4 is 0 Å². The molecule has 1 amide bonds. The quantitative estimate of drug-likeness (QED) is 0.452. The van der Waals surface area contributed by atoms with Crippen LogP contribution in [0.5, 0.6) is 5.75 Å². The number of phenolic OH excluding ortho intramolecular Hbond substituents is 1. The maximum Gasteiger partial charge on any atom is 0.338 e. The number of aromatic hydroxyl groups is 1. The van der Waals surface area contributed by atoms with Gasteiger partial charge in [0.2, 0.25) is 0 Å². The lowest BCUT2D eigenvalue weighted by Crippen LogP contribution is -2.37. The van der Waals surface area contributed by atoms with Crippen molar-refractivity contribution >= 4 is 17.6 Å². The molecule has 7 nitrogen and oxygen atoms in total. The first-order valence-electron chi connectivity index (χ1n) is 10.9. The molecule has 2 heterocycles. The Morgan fingerprint density at radius 3 is 2.71 bits per heavy atom. The summed E-state index contributed by atoms with van der Waals surface area (Å²) in [5.74, 6) is -0.453. The van der Waals surface area contributed by atoms with Gasteiger partial charge in [-0.1, -0.05) is 23.4 Å². The molecule has 3 rings (SSSR count). The van der Waals surface area contributed by atoms with Gasteiger partial charge < -0.3 is 19.6 Å². The van der Waals surface area contributed by atoms with E-state index in [0.29, 0.717) is 29.9 Å². The topological polar surface area (TPSA) is 88.4 Å². The predicted octanol–water partition coefficient (Wildman–Crippen LogP) is 3.77. The predicted molar refractivity (Wildman–Crippen MR) is 118 cm³/mol. The number of benzene rings is 1. The molecule has 2 aliphatic heterocycles. The fourth-order valence-electron chi connectivity index (χ4n) is 3.59. The number of carbonyl (C=O) groups is 2. The summed E-state index contributed by atoms with van der Waals surface area (Å²) >= 11 is 0. The molecule has 31 heavy (non-hydrogen) atoms. The van der Waals surface area contributed by atoms with E-state index in [2.05, 4.69) is 11.2 Å². The van der Waals surface area contributed by atoms with Crippen molar-refractivity contribution in [2.24, 2.45) is 5.16 Å². The van der Waals surface area contributed by atoms with E-state index in [-0.39, 0.29) is 24.7 Å². The lowest BCUT2D eigenvalue weighted by molar-refractivity contribution is -0.137. The van der Waals surface area contributed by atoms with Gasteiger partial charge in [0.15, 0.2) is 6.61 Å². The molecule has 7 heteroatoms. The van der Waals surface area contributed by atoms with E-state index in [1.165, 1.54) is 12.1 Å². The van der Waals surface area contributed by atoms with Gasteiger partial charge in [-0.15, -0.1) is 0 Å².